The second-order valence-corrected chi connectivity index (χ2v) is 10.1. The number of hydrogen-bond acceptors (Lipinski definition) is 2. The standard InChI is InChI=1S/C26H26N2O/c27-15-17-1-3-21(4-2-17)22-5-6-23-11-25(29)28(24(23)10-22)16-26-12-18-7-19(13-26)9-20(8-18)14-26/h1-6,10,18-20H,7-9,11-14,16H2. The molecule has 1 aliphatic heterocycles. The van der Waals surface area contributed by atoms with Gasteiger partial charge in [0.1, 0.15) is 0 Å². The summed E-state index contributed by atoms with van der Waals surface area (Å²) in [6.07, 6.45) is 8.83. The molecule has 0 atom stereocenters. The first-order chi connectivity index (χ1) is 14.1. The van der Waals surface area contributed by atoms with Crippen molar-refractivity contribution in [3.8, 4) is 17.2 Å². The predicted molar refractivity (Wildman–Crippen MR) is 113 cm³/mol. The summed E-state index contributed by atoms with van der Waals surface area (Å²) < 4.78 is 0. The van der Waals surface area contributed by atoms with Gasteiger partial charge in [-0.3, -0.25) is 4.79 Å². The van der Waals surface area contributed by atoms with E-state index in [2.05, 4.69) is 29.2 Å². The van der Waals surface area contributed by atoms with Crippen molar-refractivity contribution in [2.45, 2.75) is 44.9 Å². The average Bonchev–Trinajstić information content (AvgIpc) is 3.01. The lowest BCUT2D eigenvalue weighted by atomic mass is 9.49. The maximum absolute atomic E-state index is 13.0. The van der Waals surface area contributed by atoms with Crippen LogP contribution in [-0.2, 0) is 11.2 Å². The number of rotatable bonds is 3. The third-order valence-electron chi connectivity index (χ3n) is 8.02. The number of amides is 1. The first kappa shape index (κ1) is 17.3. The minimum absolute atomic E-state index is 0.271. The highest BCUT2D eigenvalue weighted by atomic mass is 16.2. The summed E-state index contributed by atoms with van der Waals surface area (Å²) in [6, 6.07) is 16.3. The molecular formula is C26H26N2O. The number of benzene rings is 2. The number of hydrogen-bond donors (Lipinski definition) is 0. The van der Waals surface area contributed by atoms with Crippen molar-refractivity contribution in [2.75, 3.05) is 11.4 Å². The van der Waals surface area contributed by atoms with Crippen LogP contribution in [0.4, 0.5) is 5.69 Å². The van der Waals surface area contributed by atoms with E-state index in [0.29, 0.717) is 17.4 Å². The lowest BCUT2D eigenvalue weighted by molar-refractivity contribution is -0.118. The smallest absolute Gasteiger partial charge is 0.231 e. The third kappa shape index (κ3) is 2.81. The third-order valence-corrected chi connectivity index (χ3v) is 8.02. The van der Waals surface area contributed by atoms with Crippen LogP contribution in [0.2, 0.25) is 0 Å². The summed E-state index contributed by atoms with van der Waals surface area (Å²) in [5, 5.41) is 9.04. The van der Waals surface area contributed by atoms with Crippen molar-refractivity contribution in [1.29, 1.82) is 5.26 Å². The first-order valence-corrected chi connectivity index (χ1v) is 11.0. The summed E-state index contributed by atoms with van der Waals surface area (Å²) in [5.74, 6) is 2.99. The van der Waals surface area contributed by atoms with Gasteiger partial charge in [0.05, 0.1) is 18.1 Å². The molecule has 1 amide bonds. The van der Waals surface area contributed by atoms with Crippen LogP contribution in [0.1, 0.15) is 49.7 Å². The number of nitrogens with zero attached hydrogens (tertiary/aromatic N) is 2. The number of carbonyl (C=O) groups is 1. The monoisotopic (exact) mass is 382 g/mol. The zero-order valence-corrected chi connectivity index (χ0v) is 16.7. The van der Waals surface area contributed by atoms with Crippen molar-refractivity contribution >= 4 is 11.6 Å². The Labute approximate surface area is 172 Å². The molecule has 3 heteroatoms. The molecule has 29 heavy (non-hydrogen) atoms. The van der Waals surface area contributed by atoms with Gasteiger partial charge in [0.15, 0.2) is 0 Å². The molecule has 0 spiro atoms. The topological polar surface area (TPSA) is 44.1 Å². The maximum Gasteiger partial charge on any atom is 0.231 e. The molecule has 4 saturated carbocycles. The van der Waals surface area contributed by atoms with E-state index in [1.54, 1.807) is 0 Å². The van der Waals surface area contributed by atoms with Crippen molar-refractivity contribution in [3.63, 3.8) is 0 Å². The van der Waals surface area contributed by atoms with E-state index in [0.717, 1.165) is 46.7 Å². The molecule has 7 rings (SSSR count). The van der Waals surface area contributed by atoms with Gasteiger partial charge in [0, 0.05) is 12.2 Å². The van der Waals surface area contributed by atoms with Crippen LogP contribution in [-0.4, -0.2) is 12.5 Å². The number of carbonyl (C=O) groups excluding carboxylic acids is 1. The van der Waals surface area contributed by atoms with Crippen LogP contribution in [0.25, 0.3) is 11.1 Å². The molecule has 0 radical (unpaired) electrons. The van der Waals surface area contributed by atoms with Gasteiger partial charge in [-0.2, -0.15) is 5.26 Å². The van der Waals surface area contributed by atoms with Gasteiger partial charge in [-0.05, 0) is 96.6 Å². The summed E-state index contributed by atoms with van der Waals surface area (Å²) in [5.41, 5.74) is 5.54. The second-order valence-electron chi connectivity index (χ2n) is 10.1. The van der Waals surface area contributed by atoms with Crippen LogP contribution in [0.15, 0.2) is 42.5 Å². The Balaban J connectivity index is 1.32. The lowest BCUT2D eigenvalue weighted by Crippen LogP contribution is -2.51. The molecule has 4 fully saturated rings. The van der Waals surface area contributed by atoms with E-state index in [1.807, 2.05) is 24.3 Å². The molecule has 5 aliphatic rings. The summed E-state index contributed by atoms with van der Waals surface area (Å²) in [6.45, 7) is 0.916. The van der Waals surface area contributed by atoms with Crippen molar-refractivity contribution in [1.82, 2.24) is 0 Å². The van der Waals surface area contributed by atoms with Crippen LogP contribution in [0, 0.1) is 34.5 Å². The molecule has 146 valence electrons. The highest BCUT2D eigenvalue weighted by Crippen LogP contribution is 2.60. The van der Waals surface area contributed by atoms with E-state index < -0.39 is 0 Å². The van der Waals surface area contributed by atoms with Crippen LogP contribution >= 0.6 is 0 Å². The molecule has 0 unspecified atom stereocenters. The summed E-state index contributed by atoms with van der Waals surface area (Å²) >= 11 is 0. The molecule has 2 aromatic rings. The molecule has 0 N–H and O–H groups in total. The SMILES string of the molecule is N#Cc1ccc(-c2ccc3c(c2)N(CC24CC5CC(CC(C5)C2)C4)C(=O)C3)cc1. The minimum atomic E-state index is 0.271. The zero-order valence-electron chi connectivity index (χ0n) is 16.7. The van der Waals surface area contributed by atoms with Crippen LogP contribution in [0.3, 0.4) is 0 Å². The Bertz CT molecular complexity index is 994. The average molecular weight is 383 g/mol. The van der Waals surface area contributed by atoms with Gasteiger partial charge in [-0.25, -0.2) is 0 Å². The molecule has 1 heterocycles. The van der Waals surface area contributed by atoms with Gasteiger partial charge in [-0.1, -0.05) is 24.3 Å². The van der Waals surface area contributed by atoms with E-state index in [1.165, 1.54) is 38.5 Å². The number of nitriles is 1. The fourth-order valence-electron chi connectivity index (χ4n) is 7.27. The maximum atomic E-state index is 13.0. The van der Waals surface area contributed by atoms with E-state index in [-0.39, 0.29) is 5.91 Å². The molecular weight excluding hydrogens is 356 g/mol. The van der Waals surface area contributed by atoms with Gasteiger partial charge >= 0.3 is 0 Å². The fourth-order valence-corrected chi connectivity index (χ4v) is 7.27. The van der Waals surface area contributed by atoms with Gasteiger partial charge in [0.25, 0.3) is 0 Å². The van der Waals surface area contributed by atoms with Crippen molar-refractivity contribution in [2.24, 2.45) is 23.2 Å². The van der Waals surface area contributed by atoms with E-state index >= 15 is 0 Å². The normalized spacial score (nSPS) is 31.8. The Morgan fingerprint density at radius 3 is 2.17 bits per heavy atom. The van der Waals surface area contributed by atoms with E-state index in [4.69, 9.17) is 5.26 Å². The Hall–Kier alpha value is -2.60. The van der Waals surface area contributed by atoms with E-state index in [9.17, 15) is 4.79 Å². The highest BCUT2D eigenvalue weighted by molar-refractivity contribution is 6.02. The Morgan fingerprint density at radius 2 is 1.55 bits per heavy atom. The van der Waals surface area contributed by atoms with Crippen LogP contribution < -0.4 is 4.90 Å². The molecule has 3 nitrogen and oxygen atoms in total. The quantitative estimate of drug-likeness (QED) is 0.720. The second kappa shape index (κ2) is 6.20. The summed E-state index contributed by atoms with van der Waals surface area (Å²) in [4.78, 5) is 15.1. The largest absolute Gasteiger partial charge is 0.311 e. The molecule has 4 aliphatic carbocycles. The molecule has 4 bridgehead atoms. The van der Waals surface area contributed by atoms with Gasteiger partial charge < -0.3 is 4.90 Å². The minimum Gasteiger partial charge on any atom is -0.311 e. The Morgan fingerprint density at radius 1 is 0.931 bits per heavy atom. The van der Waals surface area contributed by atoms with Crippen molar-refractivity contribution < 1.29 is 4.79 Å². The molecule has 0 saturated heterocycles. The van der Waals surface area contributed by atoms with Gasteiger partial charge in [0.2, 0.25) is 5.91 Å². The Kier molecular flexibility index (Phi) is 3.69. The highest BCUT2D eigenvalue weighted by Gasteiger charge is 2.52. The number of anilines is 1. The summed E-state index contributed by atoms with van der Waals surface area (Å²) in [7, 11) is 0. The number of fused-ring (bicyclic) bond motifs is 1. The predicted octanol–water partition coefficient (Wildman–Crippen LogP) is 5.33. The fraction of sp³-hybridized carbons (Fsp3) is 0.462. The zero-order chi connectivity index (χ0) is 19.6. The molecule has 2 aromatic carbocycles. The van der Waals surface area contributed by atoms with Crippen molar-refractivity contribution in [3.05, 3.63) is 53.6 Å². The molecule has 0 aromatic heterocycles. The first-order valence-electron chi connectivity index (χ1n) is 11.0. The van der Waals surface area contributed by atoms with Gasteiger partial charge in [-0.15, -0.1) is 0 Å². The van der Waals surface area contributed by atoms with Crippen LogP contribution in [0.5, 0.6) is 0 Å². The lowest BCUT2D eigenvalue weighted by Gasteiger charge is -2.57.